The number of aliphatic carboxylic acids is 1. The highest BCUT2D eigenvalue weighted by atomic mass is 79.9. The zero-order valence-corrected chi connectivity index (χ0v) is 15.6. The minimum absolute atomic E-state index is 0.0256. The number of hydrogen-bond acceptors (Lipinski definition) is 3. The first kappa shape index (κ1) is 19.5. The fourth-order valence-corrected chi connectivity index (χ4v) is 2.80. The topological polar surface area (TPSA) is 75.6 Å². The van der Waals surface area contributed by atoms with E-state index in [0.29, 0.717) is 12.8 Å². The first-order valence-electron chi connectivity index (χ1n) is 7.53. The summed E-state index contributed by atoms with van der Waals surface area (Å²) in [7, 11) is 1.60. The van der Waals surface area contributed by atoms with Crippen LogP contribution in [0.5, 0.6) is 5.75 Å². The Morgan fingerprint density at radius 2 is 2.04 bits per heavy atom. The van der Waals surface area contributed by atoms with E-state index in [-0.39, 0.29) is 18.2 Å². The molecule has 0 aliphatic heterocycles. The van der Waals surface area contributed by atoms with Crippen molar-refractivity contribution in [2.45, 2.75) is 45.6 Å². The summed E-state index contributed by atoms with van der Waals surface area (Å²) in [6.07, 6.45) is 0.793. The van der Waals surface area contributed by atoms with E-state index in [4.69, 9.17) is 9.84 Å². The van der Waals surface area contributed by atoms with E-state index in [1.165, 1.54) is 0 Å². The molecule has 1 atom stereocenters. The standard InChI is InChI=1S/C17H24BrNO4/c1-11(2)17(3,10-16(21)22)19-15(20)8-6-12-5-7-14(23-4)13(18)9-12/h5,7,9,11H,6,8,10H2,1-4H3,(H,19,20)(H,21,22). The Balaban J connectivity index is 2.65. The van der Waals surface area contributed by atoms with Crippen LogP contribution in [0.1, 0.15) is 39.2 Å². The number of rotatable bonds is 8. The van der Waals surface area contributed by atoms with Crippen LogP contribution in [0.15, 0.2) is 22.7 Å². The smallest absolute Gasteiger partial charge is 0.305 e. The minimum Gasteiger partial charge on any atom is -0.496 e. The Labute approximate surface area is 145 Å². The number of benzene rings is 1. The van der Waals surface area contributed by atoms with Gasteiger partial charge in [0.15, 0.2) is 0 Å². The van der Waals surface area contributed by atoms with Gasteiger partial charge in [-0.3, -0.25) is 9.59 Å². The lowest BCUT2D eigenvalue weighted by Gasteiger charge is -2.33. The van der Waals surface area contributed by atoms with Crippen molar-refractivity contribution >= 4 is 27.8 Å². The number of halogens is 1. The van der Waals surface area contributed by atoms with E-state index in [1.54, 1.807) is 14.0 Å². The van der Waals surface area contributed by atoms with Crippen LogP contribution in [0, 0.1) is 5.92 Å². The molecule has 0 aliphatic carbocycles. The van der Waals surface area contributed by atoms with E-state index in [0.717, 1.165) is 15.8 Å². The molecule has 0 spiro atoms. The molecule has 1 aromatic rings. The van der Waals surface area contributed by atoms with Crippen LogP contribution in [0.3, 0.4) is 0 Å². The van der Waals surface area contributed by atoms with E-state index in [2.05, 4.69) is 21.2 Å². The second-order valence-electron chi connectivity index (χ2n) is 6.16. The van der Waals surface area contributed by atoms with Gasteiger partial charge in [0.1, 0.15) is 5.75 Å². The van der Waals surface area contributed by atoms with Crippen LogP contribution in [0.25, 0.3) is 0 Å². The summed E-state index contributed by atoms with van der Waals surface area (Å²) in [4.78, 5) is 23.2. The average molecular weight is 386 g/mol. The minimum atomic E-state index is -0.916. The van der Waals surface area contributed by atoms with Crippen molar-refractivity contribution in [2.24, 2.45) is 5.92 Å². The number of carboxylic acid groups (broad SMARTS) is 1. The van der Waals surface area contributed by atoms with Gasteiger partial charge in [0, 0.05) is 12.0 Å². The number of carbonyl (C=O) groups is 2. The number of nitrogens with one attached hydrogen (secondary N) is 1. The maximum atomic E-state index is 12.2. The lowest BCUT2D eigenvalue weighted by atomic mass is 9.85. The molecule has 128 valence electrons. The molecule has 1 aromatic carbocycles. The molecule has 2 N–H and O–H groups in total. The lowest BCUT2D eigenvalue weighted by molar-refractivity contribution is -0.139. The molecule has 23 heavy (non-hydrogen) atoms. The molecular formula is C17H24BrNO4. The van der Waals surface area contributed by atoms with Crippen LogP contribution in [0.2, 0.25) is 0 Å². The number of carboxylic acids is 1. The summed E-state index contributed by atoms with van der Waals surface area (Å²) < 4.78 is 6.02. The quantitative estimate of drug-likeness (QED) is 0.718. The van der Waals surface area contributed by atoms with Crippen LogP contribution >= 0.6 is 15.9 Å². The Hall–Kier alpha value is -1.56. The highest BCUT2D eigenvalue weighted by Gasteiger charge is 2.32. The van der Waals surface area contributed by atoms with Gasteiger partial charge in [-0.1, -0.05) is 19.9 Å². The molecule has 0 heterocycles. The number of aryl methyl sites for hydroxylation is 1. The van der Waals surface area contributed by atoms with Crippen molar-refractivity contribution in [1.82, 2.24) is 5.32 Å². The molecule has 0 aromatic heterocycles. The third-order valence-corrected chi connectivity index (χ3v) is 4.69. The van der Waals surface area contributed by atoms with Gasteiger partial charge in [0.2, 0.25) is 5.91 Å². The summed E-state index contributed by atoms with van der Waals surface area (Å²) in [6.45, 7) is 5.58. The molecule has 6 heteroatoms. The molecule has 5 nitrogen and oxygen atoms in total. The monoisotopic (exact) mass is 385 g/mol. The fourth-order valence-electron chi connectivity index (χ4n) is 2.21. The van der Waals surface area contributed by atoms with Gasteiger partial charge >= 0.3 is 5.97 Å². The lowest BCUT2D eigenvalue weighted by Crippen LogP contribution is -2.51. The summed E-state index contributed by atoms with van der Waals surface area (Å²) >= 11 is 3.42. The molecule has 1 unspecified atom stereocenters. The van der Waals surface area contributed by atoms with E-state index < -0.39 is 11.5 Å². The first-order chi connectivity index (χ1) is 10.7. The van der Waals surface area contributed by atoms with Crippen molar-refractivity contribution in [3.63, 3.8) is 0 Å². The van der Waals surface area contributed by atoms with E-state index >= 15 is 0 Å². The summed E-state index contributed by atoms with van der Waals surface area (Å²) in [5.74, 6) is -0.292. The molecule has 0 radical (unpaired) electrons. The van der Waals surface area contributed by atoms with Gasteiger partial charge < -0.3 is 15.2 Å². The normalized spacial score (nSPS) is 13.5. The molecule has 0 fully saturated rings. The number of ether oxygens (including phenoxy) is 1. The van der Waals surface area contributed by atoms with Gasteiger partial charge in [0.05, 0.1) is 18.0 Å². The summed E-state index contributed by atoms with van der Waals surface area (Å²) in [5.41, 5.74) is 0.265. The number of amides is 1. The molecule has 1 amide bonds. The largest absolute Gasteiger partial charge is 0.496 e. The van der Waals surface area contributed by atoms with E-state index in [9.17, 15) is 9.59 Å². The van der Waals surface area contributed by atoms with Gasteiger partial charge in [-0.25, -0.2) is 0 Å². The van der Waals surface area contributed by atoms with Gasteiger partial charge in [-0.2, -0.15) is 0 Å². The Bertz CT molecular complexity index is 574. The van der Waals surface area contributed by atoms with Crippen LogP contribution < -0.4 is 10.1 Å². The molecular weight excluding hydrogens is 362 g/mol. The highest BCUT2D eigenvalue weighted by molar-refractivity contribution is 9.10. The second kappa shape index (κ2) is 8.34. The third-order valence-electron chi connectivity index (χ3n) is 4.07. The summed E-state index contributed by atoms with van der Waals surface area (Å²) in [5, 5.41) is 11.9. The van der Waals surface area contributed by atoms with Gasteiger partial charge in [-0.15, -0.1) is 0 Å². The van der Waals surface area contributed by atoms with Gasteiger partial charge in [-0.05, 0) is 52.9 Å². The van der Waals surface area contributed by atoms with Gasteiger partial charge in [0.25, 0.3) is 0 Å². The average Bonchev–Trinajstić information content (AvgIpc) is 2.44. The number of carbonyl (C=O) groups excluding carboxylic acids is 1. The van der Waals surface area contributed by atoms with Crippen LogP contribution in [0.4, 0.5) is 0 Å². The first-order valence-corrected chi connectivity index (χ1v) is 8.32. The fraction of sp³-hybridized carbons (Fsp3) is 0.529. The van der Waals surface area contributed by atoms with E-state index in [1.807, 2.05) is 32.0 Å². The van der Waals surface area contributed by atoms with Crippen molar-refractivity contribution < 1.29 is 19.4 Å². The molecule has 0 saturated heterocycles. The van der Waals surface area contributed by atoms with Crippen molar-refractivity contribution in [2.75, 3.05) is 7.11 Å². The Kier molecular flexibility index (Phi) is 7.06. The predicted octanol–water partition coefficient (Wildman–Crippen LogP) is 3.40. The predicted molar refractivity (Wildman–Crippen MR) is 92.7 cm³/mol. The SMILES string of the molecule is COc1ccc(CCC(=O)NC(C)(CC(=O)O)C(C)C)cc1Br. The maximum absolute atomic E-state index is 12.2. The molecule has 0 aliphatic rings. The maximum Gasteiger partial charge on any atom is 0.305 e. The second-order valence-corrected chi connectivity index (χ2v) is 7.01. The van der Waals surface area contributed by atoms with Crippen LogP contribution in [-0.2, 0) is 16.0 Å². The van der Waals surface area contributed by atoms with Crippen molar-refractivity contribution in [3.8, 4) is 5.75 Å². The Morgan fingerprint density at radius 3 is 2.52 bits per heavy atom. The third kappa shape index (κ3) is 5.86. The molecule has 0 saturated carbocycles. The number of methoxy groups -OCH3 is 1. The molecule has 0 bridgehead atoms. The highest BCUT2D eigenvalue weighted by Crippen LogP contribution is 2.26. The van der Waals surface area contributed by atoms with Crippen molar-refractivity contribution in [1.29, 1.82) is 0 Å². The number of hydrogen-bond donors (Lipinski definition) is 2. The summed E-state index contributed by atoms with van der Waals surface area (Å²) in [6, 6.07) is 5.68. The molecule has 1 rings (SSSR count). The Morgan fingerprint density at radius 1 is 1.39 bits per heavy atom. The zero-order chi connectivity index (χ0) is 17.6. The van der Waals surface area contributed by atoms with Crippen LogP contribution in [-0.4, -0.2) is 29.6 Å². The zero-order valence-electron chi connectivity index (χ0n) is 14.0. The van der Waals surface area contributed by atoms with Crippen molar-refractivity contribution in [3.05, 3.63) is 28.2 Å².